The quantitative estimate of drug-likeness (QED) is 0.438. The lowest BCUT2D eigenvalue weighted by Crippen LogP contribution is -2.16. The van der Waals surface area contributed by atoms with Gasteiger partial charge in [0.1, 0.15) is 23.0 Å². The van der Waals surface area contributed by atoms with Gasteiger partial charge in [0.05, 0.1) is 21.3 Å². The zero-order valence-electron chi connectivity index (χ0n) is 18.6. The van der Waals surface area contributed by atoms with Crippen molar-refractivity contribution in [2.75, 3.05) is 5.75 Å². The highest BCUT2D eigenvalue weighted by Gasteiger charge is 2.21. The highest BCUT2D eigenvalue weighted by atomic mass is 32.2. The molecule has 4 rings (SSSR count). The molecule has 0 bridgehead atoms. The zero-order valence-corrected chi connectivity index (χ0v) is 20.2. The molecule has 0 saturated heterocycles. The molecule has 35 heavy (non-hydrogen) atoms. The topological polar surface area (TPSA) is 118 Å². The average molecular weight is 513 g/mol. The summed E-state index contributed by atoms with van der Waals surface area (Å²) in [7, 11) is -7.09. The predicted molar refractivity (Wildman–Crippen MR) is 132 cm³/mol. The number of aromatic hydroxyl groups is 1. The highest BCUT2D eigenvalue weighted by Crippen LogP contribution is 2.27. The number of rotatable bonds is 8. The Balaban J connectivity index is 1.40. The molecule has 3 aromatic carbocycles. The van der Waals surface area contributed by atoms with E-state index in [0.717, 1.165) is 0 Å². The summed E-state index contributed by atoms with van der Waals surface area (Å²) >= 11 is 0. The normalized spacial score (nSPS) is 16.0. The van der Waals surface area contributed by atoms with Crippen molar-refractivity contribution in [3.05, 3.63) is 102 Å². The van der Waals surface area contributed by atoms with Crippen molar-refractivity contribution in [1.82, 2.24) is 0 Å². The molecule has 0 spiro atoms. The smallest absolute Gasteiger partial charge is 0.182 e. The van der Waals surface area contributed by atoms with Crippen LogP contribution in [0.1, 0.15) is 12.0 Å². The Labute approximate surface area is 204 Å². The van der Waals surface area contributed by atoms with Crippen LogP contribution in [0.5, 0.6) is 17.2 Å². The predicted octanol–water partition coefficient (Wildman–Crippen LogP) is 4.95. The first-order valence-electron chi connectivity index (χ1n) is 10.8. The SMILES string of the molecule is O=S(=O)(Cc1ccc(O)cc1)c1ccc(Oc2ccc(S(=O)(=O)CC3C=CC(O)=CC3)cc2)cc1. The maximum atomic E-state index is 12.7. The number of aliphatic hydroxyl groups excluding tert-OH is 1. The van der Waals surface area contributed by atoms with Crippen LogP contribution in [-0.4, -0.2) is 32.8 Å². The molecule has 7 nitrogen and oxygen atoms in total. The molecule has 182 valence electrons. The number of aliphatic hydroxyl groups is 1. The van der Waals surface area contributed by atoms with Gasteiger partial charge < -0.3 is 14.9 Å². The lowest BCUT2D eigenvalue weighted by molar-refractivity contribution is 0.422. The summed E-state index contributed by atoms with van der Waals surface area (Å²) in [6.07, 6.45) is 5.26. The minimum Gasteiger partial charge on any atom is -0.508 e. The summed E-state index contributed by atoms with van der Waals surface area (Å²) in [5.41, 5.74) is 0.562. The molecule has 9 heteroatoms. The van der Waals surface area contributed by atoms with Gasteiger partial charge in [-0.25, -0.2) is 16.8 Å². The molecule has 0 saturated carbocycles. The van der Waals surface area contributed by atoms with Crippen molar-refractivity contribution in [3.63, 3.8) is 0 Å². The van der Waals surface area contributed by atoms with E-state index in [1.165, 1.54) is 54.6 Å². The maximum Gasteiger partial charge on any atom is 0.182 e. The first kappa shape index (κ1) is 24.6. The fraction of sp³-hybridized carbons (Fsp3) is 0.154. The third-order valence-electron chi connectivity index (χ3n) is 5.50. The van der Waals surface area contributed by atoms with Gasteiger partial charge in [-0.3, -0.25) is 0 Å². The van der Waals surface area contributed by atoms with Crippen LogP contribution in [0, 0.1) is 5.92 Å². The van der Waals surface area contributed by atoms with Gasteiger partial charge in [-0.05, 0) is 90.7 Å². The van der Waals surface area contributed by atoms with Crippen molar-refractivity contribution in [2.24, 2.45) is 5.92 Å². The van der Waals surface area contributed by atoms with E-state index in [2.05, 4.69) is 0 Å². The third kappa shape index (κ3) is 6.32. The molecule has 1 atom stereocenters. The Kier molecular flexibility index (Phi) is 7.00. The monoisotopic (exact) mass is 512 g/mol. The molecule has 1 aliphatic rings. The Hall–Kier alpha value is -3.56. The number of allylic oxidation sites excluding steroid dienone is 3. The minimum absolute atomic E-state index is 0.0619. The fourth-order valence-electron chi connectivity index (χ4n) is 3.62. The van der Waals surface area contributed by atoms with E-state index in [0.29, 0.717) is 23.5 Å². The lowest BCUT2D eigenvalue weighted by Gasteiger charge is -2.14. The van der Waals surface area contributed by atoms with Gasteiger partial charge in [0.15, 0.2) is 19.7 Å². The van der Waals surface area contributed by atoms with Crippen LogP contribution in [-0.2, 0) is 25.4 Å². The van der Waals surface area contributed by atoms with Crippen molar-refractivity contribution in [3.8, 4) is 17.2 Å². The summed E-state index contributed by atoms with van der Waals surface area (Å²) in [5, 5.41) is 18.7. The molecule has 1 aliphatic carbocycles. The standard InChI is InChI=1S/C26H24O7S2/c27-21-5-1-19(2-6-21)17-34(29,30)25-13-9-23(10-14-25)33-24-11-15-26(16-12-24)35(31,32)18-20-3-7-22(28)8-4-20/h1-3,5-16,20,27-28H,4,17-18H2. The van der Waals surface area contributed by atoms with Crippen LogP contribution >= 0.6 is 0 Å². The second-order valence-corrected chi connectivity index (χ2v) is 12.3. The van der Waals surface area contributed by atoms with Crippen LogP contribution in [0.25, 0.3) is 0 Å². The Morgan fingerprint density at radius 3 is 1.80 bits per heavy atom. The van der Waals surface area contributed by atoms with Crippen molar-refractivity contribution >= 4 is 19.7 Å². The summed E-state index contributed by atoms with van der Waals surface area (Å²) < 4.78 is 56.5. The van der Waals surface area contributed by atoms with Crippen LogP contribution in [0.4, 0.5) is 0 Å². The Morgan fingerprint density at radius 2 is 1.29 bits per heavy atom. The molecule has 2 N–H and O–H groups in total. The number of phenols is 1. The molecule has 0 amide bonds. The maximum absolute atomic E-state index is 12.7. The average Bonchev–Trinajstić information content (AvgIpc) is 2.82. The molecule has 0 radical (unpaired) electrons. The molecule has 1 unspecified atom stereocenters. The Morgan fingerprint density at radius 1 is 0.743 bits per heavy atom. The molecular weight excluding hydrogens is 488 g/mol. The zero-order chi connectivity index (χ0) is 25.1. The summed E-state index contributed by atoms with van der Waals surface area (Å²) in [4.78, 5) is 0.312. The van der Waals surface area contributed by atoms with Gasteiger partial charge in [0.2, 0.25) is 0 Å². The number of benzene rings is 3. The number of hydrogen-bond donors (Lipinski definition) is 2. The van der Waals surface area contributed by atoms with Crippen molar-refractivity contribution in [2.45, 2.75) is 22.0 Å². The molecule has 0 aliphatic heterocycles. The molecule has 0 fully saturated rings. The largest absolute Gasteiger partial charge is 0.508 e. The second-order valence-electron chi connectivity index (χ2n) is 8.24. The highest BCUT2D eigenvalue weighted by molar-refractivity contribution is 7.91. The van der Waals surface area contributed by atoms with Crippen molar-refractivity contribution in [1.29, 1.82) is 0 Å². The van der Waals surface area contributed by atoms with Crippen LogP contribution in [0.15, 0.2) is 107 Å². The third-order valence-corrected chi connectivity index (χ3v) is 9.06. The first-order valence-corrected chi connectivity index (χ1v) is 14.1. The van der Waals surface area contributed by atoms with Gasteiger partial charge in [0.25, 0.3) is 0 Å². The summed E-state index contributed by atoms with van der Waals surface area (Å²) in [5.74, 6) is 0.569. The Bertz CT molecular complexity index is 1450. The van der Waals surface area contributed by atoms with E-state index in [9.17, 15) is 27.0 Å². The second kappa shape index (κ2) is 9.97. The fourth-order valence-corrected chi connectivity index (χ4v) is 6.52. The number of phenolic OH excluding ortho intramolecular Hbond substituents is 1. The van der Waals surface area contributed by atoms with E-state index in [4.69, 9.17) is 4.74 Å². The minimum atomic E-state index is -3.58. The number of hydrogen-bond acceptors (Lipinski definition) is 7. The molecule has 3 aromatic rings. The van der Waals surface area contributed by atoms with E-state index in [-0.39, 0.29) is 38.7 Å². The molecule has 0 aromatic heterocycles. The number of ether oxygens (including phenoxy) is 1. The lowest BCUT2D eigenvalue weighted by atomic mass is 10.0. The van der Waals surface area contributed by atoms with E-state index in [1.807, 2.05) is 0 Å². The number of sulfone groups is 2. The van der Waals surface area contributed by atoms with Gasteiger partial charge >= 0.3 is 0 Å². The van der Waals surface area contributed by atoms with Crippen LogP contribution in [0.3, 0.4) is 0 Å². The van der Waals surface area contributed by atoms with E-state index in [1.54, 1.807) is 36.4 Å². The summed E-state index contributed by atoms with van der Waals surface area (Å²) in [6.45, 7) is 0. The van der Waals surface area contributed by atoms with Gasteiger partial charge in [0, 0.05) is 0 Å². The first-order chi connectivity index (χ1) is 16.6. The summed E-state index contributed by atoms with van der Waals surface area (Å²) in [6, 6.07) is 18.0. The van der Waals surface area contributed by atoms with Gasteiger partial charge in [-0.2, -0.15) is 0 Å². The van der Waals surface area contributed by atoms with E-state index >= 15 is 0 Å². The van der Waals surface area contributed by atoms with Crippen molar-refractivity contribution < 1.29 is 31.8 Å². The van der Waals surface area contributed by atoms with Crippen LogP contribution < -0.4 is 4.74 Å². The van der Waals surface area contributed by atoms with Gasteiger partial charge in [-0.15, -0.1) is 0 Å². The van der Waals surface area contributed by atoms with Gasteiger partial charge in [-0.1, -0.05) is 18.2 Å². The van der Waals surface area contributed by atoms with E-state index < -0.39 is 19.7 Å². The molecule has 0 heterocycles. The van der Waals surface area contributed by atoms with Crippen LogP contribution in [0.2, 0.25) is 0 Å². The molecular formula is C26H24O7S2.